The first kappa shape index (κ1) is 21.0. The number of rotatable bonds is 1. The molecule has 40 heavy (non-hydrogen) atoms. The van der Waals surface area contributed by atoms with Gasteiger partial charge in [-0.25, -0.2) is 4.99 Å². The molecule has 0 saturated heterocycles. The highest BCUT2D eigenvalue weighted by atomic mass is 32.1. The molecule has 3 nitrogen and oxygen atoms in total. The summed E-state index contributed by atoms with van der Waals surface area (Å²) in [4.78, 5) is 5.15. The highest BCUT2D eigenvalue weighted by Crippen LogP contribution is 2.49. The lowest BCUT2D eigenvalue weighted by Gasteiger charge is -2.23. The number of thiophene rings is 1. The highest BCUT2D eigenvalue weighted by molar-refractivity contribution is 7.26. The molecule has 0 fully saturated rings. The third-order valence-corrected chi connectivity index (χ3v) is 9.88. The average Bonchev–Trinajstić information content (AvgIpc) is 3.66. The molecular formula is C36H21N3S. The van der Waals surface area contributed by atoms with Gasteiger partial charge in [-0.1, -0.05) is 97.1 Å². The molecule has 10 rings (SSSR count). The summed E-state index contributed by atoms with van der Waals surface area (Å²) >= 11 is 1.90. The molecule has 0 bridgehead atoms. The Labute approximate surface area is 233 Å². The second-order valence-corrected chi connectivity index (χ2v) is 11.9. The lowest BCUT2D eigenvalue weighted by atomic mass is 10.00. The van der Waals surface area contributed by atoms with Crippen LogP contribution in [0.15, 0.2) is 120 Å². The van der Waals surface area contributed by atoms with Crippen LogP contribution in [0.25, 0.3) is 69.3 Å². The number of para-hydroxylation sites is 1. The summed E-state index contributed by atoms with van der Waals surface area (Å²) in [5.74, 6) is 1.09. The number of allylic oxidation sites excluding steroid dienone is 2. The summed E-state index contributed by atoms with van der Waals surface area (Å²) in [6.07, 6.45) is 8.48. The summed E-state index contributed by atoms with van der Waals surface area (Å²) in [7, 11) is 0. The van der Waals surface area contributed by atoms with Crippen molar-refractivity contribution in [3.63, 3.8) is 0 Å². The number of hydrogen-bond acceptors (Lipinski definition) is 3. The Hall–Kier alpha value is -4.93. The van der Waals surface area contributed by atoms with Crippen molar-refractivity contribution in [3.05, 3.63) is 115 Å². The van der Waals surface area contributed by atoms with Crippen LogP contribution in [0.4, 0.5) is 11.5 Å². The molecule has 3 aromatic heterocycles. The van der Waals surface area contributed by atoms with E-state index in [1.54, 1.807) is 0 Å². The van der Waals surface area contributed by atoms with Crippen molar-refractivity contribution in [3.8, 4) is 11.1 Å². The van der Waals surface area contributed by atoms with E-state index >= 15 is 0 Å². The van der Waals surface area contributed by atoms with Gasteiger partial charge in [0.1, 0.15) is 11.5 Å². The Kier molecular flexibility index (Phi) is 3.87. The van der Waals surface area contributed by atoms with Gasteiger partial charge in [-0.2, -0.15) is 0 Å². The van der Waals surface area contributed by atoms with E-state index in [0.29, 0.717) is 0 Å². The van der Waals surface area contributed by atoms with Gasteiger partial charge < -0.3 is 5.32 Å². The van der Waals surface area contributed by atoms with Gasteiger partial charge in [0.25, 0.3) is 0 Å². The van der Waals surface area contributed by atoms with E-state index in [4.69, 9.17) is 4.99 Å². The first-order valence-electron chi connectivity index (χ1n) is 13.7. The smallest absolute Gasteiger partial charge is 0.139 e. The molecule has 186 valence electrons. The second kappa shape index (κ2) is 7.38. The number of nitrogens with zero attached hydrogens (tertiary/aromatic N) is 2. The zero-order valence-corrected chi connectivity index (χ0v) is 22.2. The standard InChI is InChI=1S/C36H21N3S/c1-2-7-21-18-22(13-12-20(21)6-1)23-14-15-24-27-17-16-26-25-8-5-9-28-32-36(38-30-11-4-3-10-29(30)37-32)39(33(25)28)34(26)35(27)40-31(24)19-23/h1-19,30,38H. The molecule has 0 radical (unpaired) electrons. The van der Waals surface area contributed by atoms with Crippen molar-refractivity contribution >= 4 is 86.7 Å². The SMILES string of the molecule is C1=CC2=Nc3c(n4c5c3cccc5c3ccc5c6ccc(-c7ccc8ccccc8c7)cc6sc5c34)NC2C=C1. The number of nitrogens with one attached hydrogen (secondary N) is 1. The lowest BCUT2D eigenvalue weighted by Crippen LogP contribution is -2.30. The molecule has 0 saturated carbocycles. The minimum Gasteiger partial charge on any atom is -0.357 e. The topological polar surface area (TPSA) is 28.8 Å². The molecular weight excluding hydrogens is 506 g/mol. The number of aliphatic imine (C=N–C) groups is 1. The van der Waals surface area contributed by atoms with Crippen LogP contribution in [0.2, 0.25) is 0 Å². The van der Waals surface area contributed by atoms with Gasteiger partial charge in [0.2, 0.25) is 0 Å². The molecule has 0 amide bonds. The average molecular weight is 528 g/mol. The van der Waals surface area contributed by atoms with Gasteiger partial charge in [0.05, 0.1) is 27.5 Å². The van der Waals surface area contributed by atoms with Gasteiger partial charge >= 0.3 is 0 Å². The molecule has 2 aliphatic rings. The van der Waals surface area contributed by atoms with Gasteiger partial charge in [0, 0.05) is 31.6 Å². The van der Waals surface area contributed by atoms with Crippen LogP contribution < -0.4 is 5.32 Å². The molecule has 1 atom stereocenters. The van der Waals surface area contributed by atoms with Gasteiger partial charge in [-0.05, 0) is 40.1 Å². The number of fused-ring (bicyclic) bond motifs is 12. The maximum absolute atomic E-state index is 5.15. The van der Waals surface area contributed by atoms with Crippen LogP contribution in [0.1, 0.15) is 0 Å². The summed E-state index contributed by atoms with van der Waals surface area (Å²) in [5, 5.41) is 12.8. The number of hydrogen-bond donors (Lipinski definition) is 1. The second-order valence-electron chi connectivity index (χ2n) is 10.9. The van der Waals surface area contributed by atoms with Crippen molar-refractivity contribution in [2.45, 2.75) is 6.04 Å². The zero-order valence-electron chi connectivity index (χ0n) is 21.3. The minimum absolute atomic E-state index is 0.0942. The third-order valence-electron chi connectivity index (χ3n) is 8.71. The summed E-state index contributed by atoms with van der Waals surface area (Å²) < 4.78 is 5.09. The van der Waals surface area contributed by atoms with Crippen molar-refractivity contribution in [1.29, 1.82) is 0 Å². The maximum Gasteiger partial charge on any atom is 0.139 e. The first-order valence-corrected chi connectivity index (χ1v) is 14.5. The fraction of sp³-hybridized carbons (Fsp3) is 0.0278. The van der Waals surface area contributed by atoms with Crippen LogP contribution in [0.5, 0.6) is 0 Å². The Bertz CT molecular complexity index is 2470. The summed E-state index contributed by atoms with van der Waals surface area (Å²) in [5.41, 5.74) is 7.16. The van der Waals surface area contributed by atoms with Crippen molar-refractivity contribution in [2.24, 2.45) is 4.99 Å². The van der Waals surface area contributed by atoms with Crippen LogP contribution in [0.3, 0.4) is 0 Å². The molecule has 1 N–H and O–H groups in total. The fourth-order valence-electron chi connectivity index (χ4n) is 6.86. The monoisotopic (exact) mass is 527 g/mol. The van der Waals surface area contributed by atoms with Gasteiger partial charge in [-0.15, -0.1) is 11.3 Å². The molecule has 1 unspecified atom stereocenters. The summed E-state index contributed by atoms with van der Waals surface area (Å²) in [6.45, 7) is 0. The van der Waals surface area contributed by atoms with Crippen LogP contribution >= 0.6 is 11.3 Å². The Morgan fingerprint density at radius 2 is 1.48 bits per heavy atom. The predicted molar refractivity (Wildman–Crippen MR) is 172 cm³/mol. The van der Waals surface area contributed by atoms with Crippen molar-refractivity contribution in [2.75, 3.05) is 5.32 Å². The normalized spacial score (nSPS) is 16.4. The van der Waals surface area contributed by atoms with E-state index in [1.165, 1.54) is 69.3 Å². The molecule has 4 heterocycles. The first-order chi connectivity index (χ1) is 19.8. The largest absolute Gasteiger partial charge is 0.357 e. The predicted octanol–water partition coefficient (Wildman–Crippen LogP) is 9.86. The molecule has 4 heteroatoms. The maximum atomic E-state index is 5.15. The Morgan fingerprint density at radius 1 is 0.675 bits per heavy atom. The van der Waals surface area contributed by atoms with E-state index in [0.717, 1.165) is 17.2 Å². The van der Waals surface area contributed by atoms with Crippen LogP contribution in [-0.2, 0) is 0 Å². The lowest BCUT2D eigenvalue weighted by molar-refractivity contribution is 1.09. The fourth-order valence-corrected chi connectivity index (χ4v) is 8.14. The Morgan fingerprint density at radius 3 is 2.45 bits per heavy atom. The van der Waals surface area contributed by atoms with E-state index < -0.39 is 0 Å². The number of anilines is 1. The van der Waals surface area contributed by atoms with Crippen molar-refractivity contribution in [1.82, 2.24) is 4.40 Å². The van der Waals surface area contributed by atoms with Crippen LogP contribution in [-0.4, -0.2) is 16.2 Å². The van der Waals surface area contributed by atoms with Gasteiger partial charge in [-0.3, -0.25) is 4.40 Å². The zero-order chi connectivity index (χ0) is 25.9. The molecule has 5 aromatic carbocycles. The van der Waals surface area contributed by atoms with Crippen molar-refractivity contribution < 1.29 is 0 Å². The number of aromatic nitrogens is 1. The summed E-state index contributed by atoms with van der Waals surface area (Å²) in [6, 6.07) is 33.7. The van der Waals surface area contributed by atoms with Gasteiger partial charge in [0.15, 0.2) is 0 Å². The van der Waals surface area contributed by atoms with E-state index in [9.17, 15) is 0 Å². The van der Waals surface area contributed by atoms with E-state index in [1.807, 2.05) is 11.3 Å². The number of benzene rings is 5. The Balaban J connectivity index is 1.27. The minimum atomic E-state index is 0.0942. The molecule has 1 aliphatic heterocycles. The van der Waals surface area contributed by atoms with Crippen LogP contribution in [0, 0.1) is 0 Å². The van der Waals surface area contributed by atoms with E-state index in [2.05, 4.69) is 125 Å². The van der Waals surface area contributed by atoms with E-state index in [-0.39, 0.29) is 6.04 Å². The quantitative estimate of drug-likeness (QED) is 0.226. The third kappa shape index (κ3) is 2.61. The molecule has 0 spiro atoms. The molecule has 1 aliphatic carbocycles. The highest BCUT2D eigenvalue weighted by Gasteiger charge is 2.29. The molecule has 8 aromatic rings.